The lowest BCUT2D eigenvalue weighted by atomic mass is 10.1. The summed E-state index contributed by atoms with van der Waals surface area (Å²) in [6, 6.07) is 1.90. The fourth-order valence-electron chi connectivity index (χ4n) is 1.49. The number of nitrogens with one attached hydrogen (secondary N) is 3. The first kappa shape index (κ1) is 21.1. The molecule has 0 spiro atoms. The lowest BCUT2D eigenvalue weighted by Gasteiger charge is -2.10. The molecule has 0 radical (unpaired) electrons. The van der Waals surface area contributed by atoms with Crippen molar-refractivity contribution >= 4 is 40.0 Å². The average Bonchev–Trinajstić information content (AvgIpc) is 2.85. The van der Waals surface area contributed by atoms with Gasteiger partial charge in [-0.25, -0.2) is 13.1 Å². The van der Waals surface area contributed by atoms with Crippen LogP contribution < -0.4 is 15.4 Å². The van der Waals surface area contributed by atoms with Crippen LogP contribution >= 0.6 is 24.0 Å². The van der Waals surface area contributed by atoms with Crippen molar-refractivity contribution in [1.29, 1.82) is 0 Å². The summed E-state index contributed by atoms with van der Waals surface area (Å²) in [5.74, 6) is 1.60. The van der Waals surface area contributed by atoms with E-state index in [1.165, 1.54) is 0 Å². The van der Waals surface area contributed by atoms with Crippen molar-refractivity contribution < 1.29 is 12.9 Å². The number of guanidine groups is 1. The lowest BCUT2D eigenvalue weighted by Crippen LogP contribution is -2.41. The fraction of sp³-hybridized carbons (Fsp3) is 0.667. The highest BCUT2D eigenvalue weighted by molar-refractivity contribution is 14.0. The third-order valence-electron chi connectivity index (χ3n) is 2.60. The molecule has 0 bridgehead atoms. The predicted molar refractivity (Wildman–Crippen MR) is 97.1 cm³/mol. The normalized spacial score (nSPS) is 12.1. The molecule has 0 unspecified atom stereocenters. The van der Waals surface area contributed by atoms with Crippen LogP contribution in [-0.2, 0) is 16.6 Å². The molecule has 0 saturated carbocycles. The van der Waals surface area contributed by atoms with Gasteiger partial charge >= 0.3 is 0 Å². The molecule has 0 fully saturated rings. The molecule has 0 atom stereocenters. The number of halogens is 1. The van der Waals surface area contributed by atoms with E-state index < -0.39 is 10.0 Å². The van der Waals surface area contributed by atoms with E-state index in [0.717, 1.165) is 17.7 Å². The summed E-state index contributed by atoms with van der Waals surface area (Å²) >= 11 is 0. The van der Waals surface area contributed by atoms with E-state index in [0.29, 0.717) is 31.5 Å². The fourth-order valence-corrected chi connectivity index (χ4v) is 1.97. The van der Waals surface area contributed by atoms with E-state index in [9.17, 15) is 8.42 Å². The maximum absolute atomic E-state index is 10.9. The Bertz CT molecular complexity index is 571. The van der Waals surface area contributed by atoms with Crippen LogP contribution in [0.2, 0.25) is 0 Å². The Morgan fingerprint density at radius 2 is 2.05 bits per heavy atom. The van der Waals surface area contributed by atoms with E-state index in [1.54, 1.807) is 7.05 Å². The molecule has 0 amide bonds. The highest BCUT2D eigenvalue weighted by Gasteiger charge is 2.08. The summed E-state index contributed by atoms with van der Waals surface area (Å²) in [6.45, 7) is 5.27. The smallest absolute Gasteiger partial charge is 0.208 e. The minimum Gasteiger partial charge on any atom is -0.359 e. The molecule has 3 N–H and O–H groups in total. The van der Waals surface area contributed by atoms with Crippen LogP contribution in [0.25, 0.3) is 0 Å². The van der Waals surface area contributed by atoms with Crippen molar-refractivity contribution in [3.63, 3.8) is 0 Å². The van der Waals surface area contributed by atoms with Gasteiger partial charge in [0.2, 0.25) is 10.0 Å². The molecule has 8 nitrogen and oxygen atoms in total. The summed E-state index contributed by atoms with van der Waals surface area (Å²) in [6.07, 6.45) is 1.12. The summed E-state index contributed by atoms with van der Waals surface area (Å²) in [4.78, 5) is 4.03. The van der Waals surface area contributed by atoms with Crippen molar-refractivity contribution in [2.75, 3.05) is 26.4 Å². The SMILES string of the molecule is CN=C(NCCNS(C)(=O)=O)NCc1cc(C(C)C)no1.I. The molecule has 1 heterocycles. The Morgan fingerprint density at radius 1 is 1.36 bits per heavy atom. The Morgan fingerprint density at radius 3 is 2.55 bits per heavy atom. The molecule has 128 valence electrons. The van der Waals surface area contributed by atoms with Crippen molar-refractivity contribution in [3.8, 4) is 0 Å². The molecular formula is C12H24IN5O3S. The summed E-state index contributed by atoms with van der Waals surface area (Å²) in [7, 11) is -1.52. The van der Waals surface area contributed by atoms with Gasteiger partial charge in [0.1, 0.15) is 0 Å². The zero-order valence-electron chi connectivity index (χ0n) is 13.2. The second-order valence-electron chi connectivity index (χ2n) is 4.89. The molecule has 22 heavy (non-hydrogen) atoms. The topological polar surface area (TPSA) is 109 Å². The van der Waals surface area contributed by atoms with Crippen molar-refractivity contribution in [1.82, 2.24) is 20.5 Å². The number of aromatic nitrogens is 1. The van der Waals surface area contributed by atoms with Gasteiger partial charge in [0.15, 0.2) is 11.7 Å². The molecular weight excluding hydrogens is 421 g/mol. The third kappa shape index (κ3) is 8.54. The van der Waals surface area contributed by atoms with Gasteiger partial charge in [0.25, 0.3) is 0 Å². The molecule has 0 aliphatic carbocycles. The largest absolute Gasteiger partial charge is 0.359 e. The minimum absolute atomic E-state index is 0. The number of rotatable bonds is 7. The second kappa shape index (κ2) is 10.0. The van der Waals surface area contributed by atoms with Crippen LogP contribution in [0, 0.1) is 0 Å². The molecule has 1 aromatic rings. The highest BCUT2D eigenvalue weighted by atomic mass is 127. The lowest BCUT2D eigenvalue weighted by molar-refractivity contribution is 0.372. The number of hydrogen-bond acceptors (Lipinski definition) is 5. The average molecular weight is 445 g/mol. The minimum atomic E-state index is -3.16. The molecule has 0 aromatic carbocycles. The van der Waals surface area contributed by atoms with E-state index in [-0.39, 0.29) is 24.0 Å². The van der Waals surface area contributed by atoms with Crippen LogP contribution in [0.15, 0.2) is 15.6 Å². The number of sulfonamides is 1. The van der Waals surface area contributed by atoms with Gasteiger partial charge in [0, 0.05) is 26.2 Å². The number of hydrogen-bond donors (Lipinski definition) is 3. The van der Waals surface area contributed by atoms with Crippen molar-refractivity contribution in [2.24, 2.45) is 4.99 Å². The standard InChI is InChI=1S/C12H23N5O3S.HI/c1-9(2)11-7-10(20-17-11)8-15-12(13-3)14-5-6-16-21(4,18)19;/h7,9,16H,5-6,8H2,1-4H3,(H2,13,14,15);1H. The maximum Gasteiger partial charge on any atom is 0.208 e. The predicted octanol–water partition coefficient (Wildman–Crippen LogP) is 0.630. The maximum atomic E-state index is 10.9. The van der Waals surface area contributed by atoms with Gasteiger partial charge in [-0.05, 0) is 5.92 Å². The molecule has 1 aromatic heterocycles. The van der Waals surface area contributed by atoms with Gasteiger partial charge in [-0.2, -0.15) is 0 Å². The second-order valence-corrected chi connectivity index (χ2v) is 6.72. The molecule has 1 rings (SSSR count). The highest BCUT2D eigenvalue weighted by Crippen LogP contribution is 2.13. The summed E-state index contributed by atoms with van der Waals surface area (Å²) < 4.78 is 29.4. The van der Waals surface area contributed by atoms with Gasteiger partial charge in [-0.1, -0.05) is 19.0 Å². The Labute approximate surface area is 148 Å². The third-order valence-corrected chi connectivity index (χ3v) is 3.33. The zero-order chi connectivity index (χ0) is 15.9. The van der Waals surface area contributed by atoms with Crippen LogP contribution in [-0.4, -0.2) is 45.9 Å². The van der Waals surface area contributed by atoms with E-state index >= 15 is 0 Å². The molecule has 10 heteroatoms. The van der Waals surface area contributed by atoms with Crippen molar-refractivity contribution in [3.05, 3.63) is 17.5 Å². The van der Waals surface area contributed by atoms with Gasteiger partial charge in [0.05, 0.1) is 18.5 Å². The molecule has 0 saturated heterocycles. The Balaban J connectivity index is 0.00000441. The summed E-state index contributed by atoms with van der Waals surface area (Å²) in [5, 5.41) is 10.0. The zero-order valence-corrected chi connectivity index (χ0v) is 16.4. The first-order chi connectivity index (χ1) is 9.81. The quantitative estimate of drug-likeness (QED) is 0.246. The first-order valence-corrected chi connectivity index (χ1v) is 8.55. The number of aliphatic imine (C=N–C) groups is 1. The van der Waals surface area contributed by atoms with Gasteiger partial charge in [-0.3, -0.25) is 4.99 Å². The molecule has 0 aliphatic heterocycles. The first-order valence-electron chi connectivity index (χ1n) is 6.66. The number of nitrogens with zero attached hydrogens (tertiary/aromatic N) is 2. The van der Waals surface area contributed by atoms with E-state index in [1.807, 2.05) is 19.9 Å². The van der Waals surface area contributed by atoms with Gasteiger partial charge in [-0.15, -0.1) is 24.0 Å². The van der Waals surface area contributed by atoms with Crippen LogP contribution in [0.3, 0.4) is 0 Å². The Kier molecular flexibility index (Phi) is 9.60. The van der Waals surface area contributed by atoms with Gasteiger partial charge < -0.3 is 15.2 Å². The van der Waals surface area contributed by atoms with Crippen LogP contribution in [0.5, 0.6) is 0 Å². The van der Waals surface area contributed by atoms with Crippen LogP contribution in [0.1, 0.15) is 31.2 Å². The molecule has 0 aliphatic rings. The summed E-state index contributed by atoms with van der Waals surface area (Å²) in [5.41, 5.74) is 0.909. The van der Waals surface area contributed by atoms with E-state index in [2.05, 4.69) is 25.5 Å². The monoisotopic (exact) mass is 445 g/mol. The van der Waals surface area contributed by atoms with Crippen molar-refractivity contribution in [2.45, 2.75) is 26.3 Å². The van der Waals surface area contributed by atoms with Crippen LogP contribution in [0.4, 0.5) is 0 Å². The Hall–Kier alpha value is -0.880. The van der Waals surface area contributed by atoms with E-state index in [4.69, 9.17) is 4.52 Å².